The summed E-state index contributed by atoms with van der Waals surface area (Å²) in [5, 5.41) is 5.48. The second kappa shape index (κ2) is 5.04. The lowest BCUT2D eigenvalue weighted by atomic mass is 10.1. The van der Waals surface area contributed by atoms with Crippen molar-refractivity contribution in [1.82, 2.24) is 19.7 Å². The third kappa shape index (κ3) is 2.22. The number of fused-ring (bicyclic) bond motifs is 1. The zero-order valence-electron chi connectivity index (χ0n) is 11.5. The molecule has 4 rings (SSSR count). The highest BCUT2D eigenvalue weighted by atomic mass is 19.1. The van der Waals surface area contributed by atoms with Crippen molar-refractivity contribution in [2.45, 2.75) is 0 Å². The Morgan fingerprint density at radius 3 is 2.77 bits per heavy atom. The van der Waals surface area contributed by atoms with Crippen LogP contribution in [0.3, 0.4) is 0 Å². The van der Waals surface area contributed by atoms with E-state index in [0.717, 1.165) is 22.2 Å². The summed E-state index contributed by atoms with van der Waals surface area (Å²) in [4.78, 5) is 8.00. The number of rotatable bonds is 2. The standard InChI is InChI=1S/C17H11FN4/c18-17-5-1-4-15(20-17)12-6-7-16-13(9-12)11-22(21-16)14-3-2-8-19-10-14/h1-11H. The number of halogens is 1. The molecule has 0 N–H and O–H groups in total. The maximum Gasteiger partial charge on any atom is 0.213 e. The molecule has 4 aromatic rings. The van der Waals surface area contributed by atoms with Crippen molar-refractivity contribution < 1.29 is 4.39 Å². The predicted octanol–water partition coefficient (Wildman–Crippen LogP) is 3.62. The van der Waals surface area contributed by atoms with Gasteiger partial charge in [0.05, 0.1) is 23.1 Å². The van der Waals surface area contributed by atoms with Gasteiger partial charge in [-0.2, -0.15) is 9.49 Å². The molecule has 0 unspecified atom stereocenters. The zero-order valence-corrected chi connectivity index (χ0v) is 11.5. The molecule has 0 saturated carbocycles. The quantitative estimate of drug-likeness (QED) is 0.530. The minimum Gasteiger partial charge on any atom is -0.262 e. The molecular weight excluding hydrogens is 279 g/mol. The van der Waals surface area contributed by atoms with Gasteiger partial charge in [-0.25, -0.2) is 9.67 Å². The molecular formula is C17H11FN4. The summed E-state index contributed by atoms with van der Waals surface area (Å²) in [5.41, 5.74) is 3.22. The van der Waals surface area contributed by atoms with E-state index in [1.807, 2.05) is 36.5 Å². The highest BCUT2D eigenvalue weighted by Gasteiger charge is 2.06. The van der Waals surface area contributed by atoms with Gasteiger partial charge in [0.1, 0.15) is 0 Å². The molecule has 3 aromatic heterocycles. The highest BCUT2D eigenvalue weighted by molar-refractivity contribution is 5.83. The Kier molecular flexibility index (Phi) is 2.89. The first kappa shape index (κ1) is 12.6. The number of hydrogen-bond acceptors (Lipinski definition) is 3. The van der Waals surface area contributed by atoms with Gasteiger partial charge in [0.25, 0.3) is 0 Å². The maximum atomic E-state index is 13.3. The van der Waals surface area contributed by atoms with Gasteiger partial charge in [-0.1, -0.05) is 12.1 Å². The van der Waals surface area contributed by atoms with E-state index in [1.54, 1.807) is 29.2 Å². The first-order valence-electron chi connectivity index (χ1n) is 6.82. The lowest BCUT2D eigenvalue weighted by Crippen LogP contribution is -1.93. The van der Waals surface area contributed by atoms with Crippen LogP contribution in [0.4, 0.5) is 4.39 Å². The second-order valence-electron chi connectivity index (χ2n) is 4.90. The molecule has 0 aliphatic heterocycles. The minimum atomic E-state index is -0.483. The fourth-order valence-corrected chi connectivity index (χ4v) is 2.38. The predicted molar refractivity (Wildman–Crippen MR) is 82.1 cm³/mol. The topological polar surface area (TPSA) is 43.6 Å². The van der Waals surface area contributed by atoms with E-state index in [4.69, 9.17) is 0 Å². The summed E-state index contributed by atoms with van der Waals surface area (Å²) >= 11 is 0. The largest absolute Gasteiger partial charge is 0.262 e. The van der Waals surface area contributed by atoms with Crippen molar-refractivity contribution in [2.24, 2.45) is 0 Å². The molecule has 3 heterocycles. The zero-order chi connectivity index (χ0) is 14.9. The van der Waals surface area contributed by atoms with Crippen LogP contribution in [-0.4, -0.2) is 19.7 Å². The Bertz CT molecular complexity index is 947. The van der Waals surface area contributed by atoms with Gasteiger partial charge in [0.2, 0.25) is 5.95 Å². The Morgan fingerprint density at radius 1 is 1.00 bits per heavy atom. The maximum absolute atomic E-state index is 13.3. The van der Waals surface area contributed by atoms with E-state index in [1.165, 1.54) is 6.07 Å². The van der Waals surface area contributed by atoms with Crippen molar-refractivity contribution in [3.8, 4) is 16.9 Å². The average Bonchev–Trinajstić information content (AvgIpc) is 2.99. The van der Waals surface area contributed by atoms with Crippen LogP contribution in [0, 0.1) is 5.95 Å². The summed E-state index contributed by atoms with van der Waals surface area (Å²) in [6.45, 7) is 0. The molecule has 5 heteroatoms. The van der Waals surface area contributed by atoms with E-state index in [-0.39, 0.29) is 0 Å². The van der Waals surface area contributed by atoms with Gasteiger partial charge in [-0.15, -0.1) is 0 Å². The van der Waals surface area contributed by atoms with Crippen LogP contribution >= 0.6 is 0 Å². The molecule has 106 valence electrons. The van der Waals surface area contributed by atoms with Crippen molar-refractivity contribution in [3.63, 3.8) is 0 Å². The van der Waals surface area contributed by atoms with E-state index < -0.39 is 5.95 Å². The first-order valence-corrected chi connectivity index (χ1v) is 6.82. The fraction of sp³-hybridized carbons (Fsp3) is 0. The lowest BCUT2D eigenvalue weighted by molar-refractivity contribution is 0.585. The first-order chi connectivity index (χ1) is 10.8. The van der Waals surface area contributed by atoms with E-state index >= 15 is 0 Å². The van der Waals surface area contributed by atoms with Gasteiger partial charge in [-0.05, 0) is 36.4 Å². The summed E-state index contributed by atoms with van der Waals surface area (Å²) in [7, 11) is 0. The van der Waals surface area contributed by atoms with Crippen molar-refractivity contribution >= 4 is 10.9 Å². The lowest BCUT2D eigenvalue weighted by Gasteiger charge is -2.00. The van der Waals surface area contributed by atoms with Crippen molar-refractivity contribution in [1.29, 1.82) is 0 Å². The number of pyridine rings is 2. The Morgan fingerprint density at radius 2 is 1.95 bits per heavy atom. The van der Waals surface area contributed by atoms with Gasteiger partial charge < -0.3 is 0 Å². The Labute approximate surface area is 125 Å². The Balaban J connectivity index is 1.82. The molecule has 0 bridgehead atoms. The van der Waals surface area contributed by atoms with Crippen LogP contribution in [0.1, 0.15) is 0 Å². The van der Waals surface area contributed by atoms with Gasteiger partial charge in [-0.3, -0.25) is 4.98 Å². The third-order valence-electron chi connectivity index (χ3n) is 3.43. The molecule has 0 aliphatic rings. The molecule has 1 aromatic carbocycles. The van der Waals surface area contributed by atoms with E-state index in [2.05, 4.69) is 15.1 Å². The molecule has 0 spiro atoms. The number of nitrogens with zero attached hydrogens (tertiary/aromatic N) is 4. The molecule has 22 heavy (non-hydrogen) atoms. The smallest absolute Gasteiger partial charge is 0.213 e. The van der Waals surface area contributed by atoms with Crippen LogP contribution in [0.25, 0.3) is 27.8 Å². The molecule has 0 saturated heterocycles. The van der Waals surface area contributed by atoms with Gasteiger partial charge in [0.15, 0.2) is 0 Å². The van der Waals surface area contributed by atoms with Crippen LogP contribution in [-0.2, 0) is 0 Å². The summed E-state index contributed by atoms with van der Waals surface area (Å²) < 4.78 is 15.0. The number of benzene rings is 1. The van der Waals surface area contributed by atoms with E-state index in [9.17, 15) is 4.39 Å². The summed E-state index contributed by atoms with van der Waals surface area (Å²) in [5.74, 6) is -0.483. The van der Waals surface area contributed by atoms with Crippen LogP contribution in [0.2, 0.25) is 0 Å². The highest BCUT2D eigenvalue weighted by Crippen LogP contribution is 2.23. The van der Waals surface area contributed by atoms with Crippen molar-refractivity contribution in [2.75, 3.05) is 0 Å². The molecule has 4 nitrogen and oxygen atoms in total. The SMILES string of the molecule is Fc1cccc(-c2ccc3nn(-c4cccnc4)cc3c2)n1. The third-order valence-corrected chi connectivity index (χ3v) is 3.43. The molecule has 0 fully saturated rings. The van der Waals surface area contributed by atoms with Gasteiger partial charge in [0, 0.05) is 23.3 Å². The van der Waals surface area contributed by atoms with E-state index in [0.29, 0.717) is 5.69 Å². The van der Waals surface area contributed by atoms with Crippen LogP contribution in [0.5, 0.6) is 0 Å². The number of hydrogen-bond donors (Lipinski definition) is 0. The molecule has 0 aliphatic carbocycles. The molecule has 0 amide bonds. The average molecular weight is 290 g/mol. The minimum absolute atomic E-state index is 0.483. The molecule has 0 atom stereocenters. The second-order valence-corrected chi connectivity index (χ2v) is 4.90. The normalized spacial score (nSPS) is 11.0. The van der Waals surface area contributed by atoms with Crippen LogP contribution < -0.4 is 0 Å². The van der Waals surface area contributed by atoms with Gasteiger partial charge >= 0.3 is 0 Å². The fourth-order valence-electron chi connectivity index (χ4n) is 2.38. The number of aromatic nitrogens is 4. The Hall–Kier alpha value is -3.08. The summed E-state index contributed by atoms with van der Waals surface area (Å²) in [6.07, 6.45) is 5.40. The van der Waals surface area contributed by atoms with Crippen molar-refractivity contribution in [3.05, 3.63) is 73.1 Å². The van der Waals surface area contributed by atoms with Crippen LogP contribution in [0.15, 0.2) is 67.1 Å². The monoisotopic (exact) mass is 290 g/mol. The summed E-state index contributed by atoms with van der Waals surface area (Å²) in [6, 6.07) is 14.3. The molecule has 0 radical (unpaired) electrons.